The lowest BCUT2D eigenvalue weighted by atomic mass is 10.2. The van der Waals surface area contributed by atoms with Gasteiger partial charge in [0.25, 0.3) is 5.91 Å². The van der Waals surface area contributed by atoms with Gasteiger partial charge in [-0.15, -0.1) is 0 Å². The Morgan fingerprint density at radius 1 is 0.974 bits per heavy atom. The third kappa shape index (κ3) is 5.53. The monoisotopic (exact) mass is 573 g/mol. The molecule has 0 unspecified atom stereocenters. The molecule has 5 rings (SSSR count). The van der Waals surface area contributed by atoms with Crippen LogP contribution in [-0.4, -0.2) is 51.4 Å². The Bertz CT molecular complexity index is 1650. The molecular weight excluding hydrogens is 547 g/mol. The fourth-order valence-electron chi connectivity index (χ4n) is 4.38. The van der Waals surface area contributed by atoms with E-state index in [4.69, 9.17) is 4.42 Å². The highest BCUT2D eigenvalue weighted by molar-refractivity contribution is 7.90. The molecule has 9 nitrogen and oxygen atoms in total. The quantitative estimate of drug-likeness (QED) is 0.314. The van der Waals surface area contributed by atoms with Crippen molar-refractivity contribution in [2.45, 2.75) is 42.0 Å². The van der Waals surface area contributed by atoms with E-state index in [1.807, 2.05) is 0 Å². The number of fused-ring (bicyclic) bond motifs is 1. The molecule has 4 aromatic rings. The van der Waals surface area contributed by atoms with Crippen LogP contribution in [0.4, 0.5) is 5.13 Å². The average molecular weight is 574 g/mol. The standard InChI is InChI=1S/C26H27N3O6S3/c1-37(31,32)22-12-13-23-24(17-22)36-26(27-23)29(18-20-7-6-16-35-20)25(30)19-8-10-21(11-9-19)38(33,34)28-14-4-2-3-5-15-28/h6-13,16-17H,2-5,14-15,18H2,1H3. The number of sulfonamides is 1. The number of hydrogen-bond acceptors (Lipinski definition) is 8. The van der Waals surface area contributed by atoms with Crippen molar-refractivity contribution in [2.24, 2.45) is 0 Å². The molecule has 0 aliphatic carbocycles. The van der Waals surface area contributed by atoms with E-state index in [2.05, 4.69) is 4.98 Å². The first-order valence-corrected chi connectivity index (χ1v) is 16.3. The van der Waals surface area contributed by atoms with Gasteiger partial charge in [-0.05, 0) is 67.4 Å². The van der Waals surface area contributed by atoms with Gasteiger partial charge in [0.05, 0.1) is 32.8 Å². The number of aromatic nitrogens is 1. The maximum absolute atomic E-state index is 13.7. The van der Waals surface area contributed by atoms with Crippen LogP contribution in [0, 0.1) is 0 Å². The Kier molecular flexibility index (Phi) is 7.40. The maximum Gasteiger partial charge on any atom is 0.260 e. The Balaban J connectivity index is 1.47. The number of rotatable bonds is 7. The molecule has 2 aromatic carbocycles. The molecule has 38 heavy (non-hydrogen) atoms. The van der Waals surface area contributed by atoms with Crippen molar-refractivity contribution in [3.05, 3.63) is 72.2 Å². The number of amides is 1. The lowest BCUT2D eigenvalue weighted by Crippen LogP contribution is -2.32. The number of carbonyl (C=O) groups excluding carboxylic acids is 1. The Morgan fingerprint density at radius 2 is 1.66 bits per heavy atom. The Labute approximate surface area is 225 Å². The van der Waals surface area contributed by atoms with Crippen molar-refractivity contribution in [1.29, 1.82) is 0 Å². The predicted molar refractivity (Wildman–Crippen MR) is 146 cm³/mol. The molecule has 1 saturated heterocycles. The summed E-state index contributed by atoms with van der Waals surface area (Å²) in [5.74, 6) is 0.150. The van der Waals surface area contributed by atoms with Crippen LogP contribution < -0.4 is 4.90 Å². The molecule has 0 radical (unpaired) electrons. The summed E-state index contributed by atoms with van der Waals surface area (Å²) in [6.07, 6.45) is 6.37. The minimum absolute atomic E-state index is 0.0957. The molecule has 3 heterocycles. The van der Waals surface area contributed by atoms with Crippen molar-refractivity contribution < 1.29 is 26.0 Å². The van der Waals surface area contributed by atoms with Crippen LogP contribution >= 0.6 is 11.3 Å². The normalized spacial score (nSPS) is 15.4. The van der Waals surface area contributed by atoms with E-state index in [1.54, 1.807) is 24.3 Å². The number of carbonyl (C=O) groups is 1. The largest absolute Gasteiger partial charge is 0.467 e. The van der Waals surface area contributed by atoms with Crippen LogP contribution in [0.5, 0.6) is 0 Å². The van der Waals surface area contributed by atoms with Gasteiger partial charge >= 0.3 is 0 Å². The lowest BCUT2D eigenvalue weighted by molar-refractivity contribution is 0.0983. The fourth-order valence-corrected chi connectivity index (χ4v) is 7.62. The summed E-state index contributed by atoms with van der Waals surface area (Å²) in [7, 11) is -7.04. The fraction of sp³-hybridized carbons (Fsp3) is 0.308. The Morgan fingerprint density at radius 3 is 2.29 bits per heavy atom. The van der Waals surface area contributed by atoms with Crippen molar-refractivity contribution in [3.63, 3.8) is 0 Å². The maximum atomic E-state index is 13.7. The lowest BCUT2D eigenvalue weighted by Gasteiger charge is -2.21. The molecule has 0 N–H and O–H groups in total. The van der Waals surface area contributed by atoms with E-state index in [9.17, 15) is 21.6 Å². The highest BCUT2D eigenvalue weighted by atomic mass is 32.2. The first kappa shape index (κ1) is 26.5. The summed E-state index contributed by atoms with van der Waals surface area (Å²) >= 11 is 1.19. The van der Waals surface area contributed by atoms with Crippen molar-refractivity contribution in [2.75, 3.05) is 24.2 Å². The van der Waals surface area contributed by atoms with Crippen LogP contribution in [0.25, 0.3) is 10.2 Å². The van der Waals surface area contributed by atoms with E-state index >= 15 is 0 Å². The second-order valence-electron chi connectivity index (χ2n) is 9.21. The van der Waals surface area contributed by atoms with Crippen LogP contribution in [0.3, 0.4) is 0 Å². The summed E-state index contributed by atoms with van der Waals surface area (Å²) in [5, 5.41) is 0.369. The van der Waals surface area contributed by atoms with E-state index < -0.39 is 19.9 Å². The van der Waals surface area contributed by atoms with E-state index in [0.29, 0.717) is 39.8 Å². The zero-order valence-corrected chi connectivity index (χ0v) is 23.2. The van der Waals surface area contributed by atoms with Gasteiger partial charge in [0.2, 0.25) is 10.0 Å². The van der Waals surface area contributed by atoms with Crippen molar-refractivity contribution >= 4 is 52.5 Å². The molecule has 12 heteroatoms. The zero-order chi connectivity index (χ0) is 26.9. The number of anilines is 1. The summed E-state index contributed by atoms with van der Waals surface area (Å²) in [5.41, 5.74) is 0.857. The molecule has 0 saturated carbocycles. The second-order valence-corrected chi connectivity index (χ2v) is 14.2. The summed E-state index contributed by atoms with van der Waals surface area (Å²) in [6, 6.07) is 14.1. The minimum Gasteiger partial charge on any atom is -0.467 e. The molecule has 0 spiro atoms. The third-order valence-electron chi connectivity index (χ3n) is 6.45. The van der Waals surface area contributed by atoms with Crippen LogP contribution in [0.1, 0.15) is 41.8 Å². The Hall–Kier alpha value is -3.06. The number of benzene rings is 2. The summed E-state index contributed by atoms with van der Waals surface area (Å²) in [4.78, 5) is 20.0. The van der Waals surface area contributed by atoms with Gasteiger partial charge in [0, 0.05) is 24.9 Å². The highest BCUT2D eigenvalue weighted by Crippen LogP contribution is 2.33. The van der Waals surface area contributed by atoms with Crippen LogP contribution in [0.15, 0.2) is 75.1 Å². The van der Waals surface area contributed by atoms with Crippen molar-refractivity contribution in [1.82, 2.24) is 9.29 Å². The molecule has 1 amide bonds. The van der Waals surface area contributed by atoms with E-state index in [-0.39, 0.29) is 22.2 Å². The minimum atomic E-state index is -3.64. The SMILES string of the molecule is CS(=O)(=O)c1ccc2nc(N(Cc3ccco3)C(=O)c3ccc(S(=O)(=O)N4CCCCCC4)cc3)sc2c1. The number of sulfone groups is 1. The first-order valence-electron chi connectivity index (χ1n) is 12.2. The van der Waals surface area contributed by atoms with E-state index in [0.717, 1.165) is 31.9 Å². The predicted octanol–water partition coefficient (Wildman–Crippen LogP) is 4.70. The summed E-state index contributed by atoms with van der Waals surface area (Å²) < 4.78 is 57.9. The molecule has 200 valence electrons. The van der Waals surface area contributed by atoms with Gasteiger partial charge in [0.15, 0.2) is 15.0 Å². The van der Waals surface area contributed by atoms with Gasteiger partial charge in [0.1, 0.15) is 5.76 Å². The molecule has 0 atom stereocenters. The first-order chi connectivity index (χ1) is 18.1. The molecular formula is C26H27N3O6S3. The average Bonchev–Trinajstić information content (AvgIpc) is 3.48. The molecule has 1 fully saturated rings. The topological polar surface area (TPSA) is 118 Å². The zero-order valence-electron chi connectivity index (χ0n) is 20.7. The van der Waals surface area contributed by atoms with Crippen molar-refractivity contribution in [3.8, 4) is 0 Å². The molecule has 1 aliphatic rings. The van der Waals surface area contributed by atoms with Crippen LogP contribution in [-0.2, 0) is 26.4 Å². The van der Waals surface area contributed by atoms with E-state index in [1.165, 1.54) is 57.1 Å². The van der Waals surface area contributed by atoms with Gasteiger partial charge in [-0.2, -0.15) is 4.31 Å². The number of furan rings is 1. The smallest absolute Gasteiger partial charge is 0.260 e. The third-order valence-corrected chi connectivity index (χ3v) is 10.5. The van der Waals surface area contributed by atoms with Gasteiger partial charge in [-0.1, -0.05) is 24.2 Å². The number of hydrogen-bond donors (Lipinski definition) is 0. The number of thiazole rings is 1. The number of nitrogens with zero attached hydrogens (tertiary/aromatic N) is 3. The molecule has 2 aromatic heterocycles. The van der Waals surface area contributed by atoms with Gasteiger partial charge < -0.3 is 4.42 Å². The molecule has 1 aliphatic heterocycles. The van der Waals surface area contributed by atoms with Gasteiger partial charge in [-0.3, -0.25) is 9.69 Å². The highest BCUT2D eigenvalue weighted by Gasteiger charge is 2.27. The molecule has 0 bridgehead atoms. The summed E-state index contributed by atoms with van der Waals surface area (Å²) in [6.45, 7) is 1.09. The van der Waals surface area contributed by atoms with Crippen LogP contribution in [0.2, 0.25) is 0 Å². The second kappa shape index (κ2) is 10.6. The van der Waals surface area contributed by atoms with Gasteiger partial charge in [-0.25, -0.2) is 21.8 Å².